The second-order valence-electron chi connectivity index (χ2n) is 5.55. The lowest BCUT2D eigenvalue weighted by Gasteiger charge is -2.12. The number of hydrogen-bond acceptors (Lipinski definition) is 3. The van der Waals surface area contributed by atoms with Crippen LogP contribution in [0, 0.1) is 0 Å². The van der Waals surface area contributed by atoms with Gasteiger partial charge in [0.15, 0.2) is 0 Å². The summed E-state index contributed by atoms with van der Waals surface area (Å²) in [4.78, 5) is 12.3. The van der Waals surface area contributed by atoms with E-state index < -0.39 is 11.3 Å². The Bertz CT molecular complexity index is 814. The van der Waals surface area contributed by atoms with Crippen LogP contribution in [0.25, 0.3) is 0 Å². The van der Waals surface area contributed by atoms with Crippen molar-refractivity contribution in [2.45, 2.75) is 19.8 Å². The molecule has 0 aliphatic heterocycles. The Labute approximate surface area is 160 Å². The van der Waals surface area contributed by atoms with Crippen molar-refractivity contribution in [2.75, 3.05) is 18.4 Å². The Kier molecular flexibility index (Phi) is 7.44. The van der Waals surface area contributed by atoms with Gasteiger partial charge in [0.2, 0.25) is 0 Å². The molecule has 0 aliphatic rings. The number of carbonyl (C=O) groups is 1. The summed E-state index contributed by atoms with van der Waals surface area (Å²) >= 11 is 3.82. The van der Waals surface area contributed by atoms with Gasteiger partial charge in [0, 0.05) is 11.6 Å². The van der Waals surface area contributed by atoms with E-state index in [1.165, 1.54) is 7.11 Å². The molecule has 8 heteroatoms. The first-order valence-corrected chi connectivity index (χ1v) is 9.54. The lowest BCUT2D eigenvalue weighted by Crippen LogP contribution is -2.26. The van der Waals surface area contributed by atoms with Crippen LogP contribution >= 0.6 is 11.6 Å². The van der Waals surface area contributed by atoms with Crippen LogP contribution in [-0.2, 0) is 24.1 Å². The predicted octanol–water partition coefficient (Wildman–Crippen LogP) is 3.43. The van der Waals surface area contributed by atoms with Crippen molar-refractivity contribution in [1.82, 2.24) is 5.32 Å². The smallest absolute Gasteiger partial charge is 0.259 e. The van der Waals surface area contributed by atoms with Gasteiger partial charge in [-0.05, 0) is 48.2 Å². The molecule has 0 aliphatic carbocycles. The summed E-state index contributed by atoms with van der Waals surface area (Å²) in [5, 5.41) is 3.29. The Hall–Kier alpha value is -2.09. The summed E-state index contributed by atoms with van der Waals surface area (Å²) in [6, 6.07) is 10.5. The molecule has 0 bridgehead atoms. The van der Waals surface area contributed by atoms with Crippen molar-refractivity contribution in [2.24, 2.45) is 0 Å². The number of nitrogens with one attached hydrogen (secondary N) is 2. The topological polar surface area (TPSA) is 87.7 Å². The molecule has 3 N–H and O–H groups in total. The molecule has 0 heterocycles. The van der Waals surface area contributed by atoms with Gasteiger partial charge in [0.1, 0.15) is 5.75 Å². The van der Waals surface area contributed by atoms with Crippen LogP contribution in [-0.4, -0.2) is 28.3 Å². The number of halogens is 1. The van der Waals surface area contributed by atoms with Crippen LogP contribution in [0.5, 0.6) is 5.75 Å². The molecule has 140 valence electrons. The lowest BCUT2D eigenvalue weighted by molar-refractivity contribution is 0.0951. The number of methoxy groups -OCH3 is 1. The third-order valence-electron chi connectivity index (χ3n) is 3.86. The molecule has 2 rings (SSSR count). The van der Waals surface area contributed by atoms with E-state index in [9.17, 15) is 9.00 Å². The second-order valence-corrected chi connectivity index (χ2v) is 6.69. The Balaban J connectivity index is 2.02. The Morgan fingerprint density at radius 2 is 2.04 bits per heavy atom. The van der Waals surface area contributed by atoms with Gasteiger partial charge in [-0.25, -0.2) is 4.21 Å². The van der Waals surface area contributed by atoms with Crippen molar-refractivity contribution in [3.05, 3.63) is 58.1 Å². The third-order valence-corrected chi connectivity index (χ3v) is 4.49. The minimum Gasteiger partial charge on any atom is -0.496 e. The zero-order valence-electron chi connectivity index (χ0n) is 14.5. The molecule has 1 amide bonds. The van der Waals surface area contributed by atoms with E-state index in [0.717, 1.165) is 17.5 Å². The molecule has 6 nitrogen and oxygen atoms in total. The van der Waals surface area contributed by atoms with Gasteiger partial charge in [-0.15, -0.1) is 0 Å². The summed E-state index contributed by atoms with van der Waals surface area (Å²) in [6.45, 7) is 2.38. The molecule has 2 aromatic carbocycles. The number of ether oxygens (including phenoxy) is 1. The van der Waals surface area contributed by atoms with Gasteiger partial charge < -0.3 is 10.1 Å². The molecule has 2 aromatic rings. The zero-order valence-corrected chi connectivity index (χ0v) is 16.1. The first-order chi connectivity index (χ1) is 12.4. The van der Waals surface area contributed by atoms with E-state index in [1.807, 2.05) is 25.1 Å². The quantitative estimate of drug-likeness (QED) is 0.596. The molecule has 26 heavy (non-hydrogen) atoms. The highest BCUT2D eigenvalue weighted by Crippen LogP contribution is 2.23. The minimum absolute atomic E-state index is 0.274. The van der Waals surface area contributed by atoms with Crippen molar-refractivity contribution in [3.63, 3.8) is 0 Å². The van der Waals surface area contributed by atoms with Crippen molar-refractivity contribution in [3.8, 4) is 5.75 Å². The number of hydrogen-bond donors (Lipinski definition) is 3. The van der Waals surface area contributed by atoms with Crippen molar-refractivity contribution < 1.29 is 18.3 Å². The van der Waals surface area contributed by atoms with E-state index in [1.54, 1.807) is 18.2 Å². The average molecular weight is 397 g/mol. The maximum absolute atomic E-state index is 12.3. The van der Waals surface area contributed by atoms with E-state index in [2.05, 4.69) is 10.0 Å². The SMILES string of the molecule is CCc1ccc(CCNC(=O)c2cc(Cl)ccc2OC)cc1NS(=O)O. The normalized spacial score (nSPS) is 11.7. The predicted molar refractivity (Wildman–Crippen MR) is 104 cm³/mol. The fourth-order valence-corrected chi connectivity index (χ4v) is 3.10. The van der Waals surface area contributed by atoms with Gasteiger partial charge >= 0.3 is 0 Å². The standard InChI is InChI=1S/C18H21ClN2O4S/c1-3-13-5-4-12(10-16(13)21-26(23)24)8-9-20-18(22)15-11-14(19)6-7-17(15)25-2/h4-7,10-11,21H,3,8-9H2,1-2H3,(H,20,22)(H,23,24). The molecule has 0 spiro atoms. The summed E-state index contributed by atoms with van der Waals surface area (Å²) in [7, 11) is 1.49. The maximum Gasteiger partial charge on any atom is 0.259 e. The molecule has 0 radical (unpaired) electrons. The minimum atomic E-state index is -2.13. The third kappa shape index (κ3) is 5.45. The molecular weight excluding hydrogens is 376 g/mol. The number of benzene rings is 2. The number of carbonyl (C=O) groups excluding carboxylic acids is 1. The largest absolute Gasteiger partial charge is 0.496 e. The van der Waals surface area contributed by atoms with Crippen LogP contribution in [0.2, 0.25) is 5.02 Å². The molecule has 1 unspecified atom stereocenters. The first-order valence-electron chi connectivity index (χ1n) is 8.05. The fourth-order valence-electron chi connectivity index (χ4n) is 2.55. The van der Waals surface area contributed by atoms with E-state index >= 15 is 0 Å². The van der Waals surface area contributed by atoms with Crippen molar-refractivity contribution >= 4 is 34.5 Å². The first kappa shape index (κ1) is 20.2. The second kappa shape index (κ2) is 9.56. The molecular formula is C18H21ClN2O4S. The van der Waals surface area contributed by atoms with Crippen LogP contribution in [0.3, 0.4) is 0 Å². The van der Waals surface area contributed by atoms with Crippen LogP contribution in [0.4, 0.5) is 5.69 Å². The number of amides is 1. The van der Waals surface area contributed by atoms with Crippen molar-refractivity contribution in [1.29, 1.82) is 0 Å². The summed E-state index contributed by atoms with van der Waals surface area (Å²) in [6.07, 6.45) is 1.32. The van der Waals surface area contributed by atoms with E-state index in [-0.39, 0.29) is 5.91 Å². The number of aryl methyl sites for hydroxylation is 1. The van der Waals surface area contributed by atoms with Crippen LogP contribution in [0.1, 0.15) is 28.4 Å². The Morgan fingerprint density at radius 1 is 1.27 bits per heavy atom. The highest BCUT2D eigenvalue weighted by molar-refractivity contribution is 7.80. The van der Waals surface area contributed by atoms with Crippen LogP contribution in [0.15, 0.2) is 36.4 Å². The maximum atomic E-state index is 12.3. The van der Waals surface area contributed by atoms with Gasteiger partial charge in [0.05, 0.1) is 18.4 Å². The highest BCUT2D eigenvalue weighted by atomic mass is 35.5. The number of rotatable bonds is 8. The molecule has 0 saturated heterocycles. The molecule has 1 atom stereocenters. The molecule has 0 aromatic heterocycles. The van der Waals surface area contributed by atoms with E-state index in [4.69, 9.17) is 20.9 Å². The molecule has 0 fully saturated rings. The van der Waals surface area contributed by atoms with Gasteiger partial charge in [-0.2, -0.15) is 0 Å². The highest BCUT2D eigenvalue weighted by Gasteiger charge is 2.12. The average Bonchev–Trinajstić information content (AvgIpc) is 2.61. The fraction of sp³-hybridized carbons (Fsp3) is 0.278. The Morgan fingerprint density at radius 3 is 2.69 bits per heavy atom. The zero-order chi connectivity index (χ0) is 19.1. The summed E-state index contributed by atoms with van der Waals surface area (Å²) in [5.74, 6) is 0.181. The lowest BCUT2D eigenvalue weighted by atomic mass is 10.1. The number of anilines is 1. The van der Waals surface area contributed by atoms with E-state index in [0.29, 0.717) is 35.0 Å². The summed E-state index contributed by atoms with van der Waals surface area (Å²) in [5.41, 5.74) is 2.88. The summed E-state index contributed by atoms with van der Waals surface area (Å²) < 4.78 is 27.8. The van der Waals surface area contributed by atoms with Crippen LogP contribution < -0.4 is 14.8 Å². The van der Waals surface area contributed by atoms with Gasteiger partial charge in [-0.3, -0.25) is 14.1 Å². The van der Waals surface area contributed by atoms with Gasteiger partial charge in [0.25, 0.3) is 17.2 Å². The van der Waals surface area contributed by atoms with Gasteiger partial charge in [-0.1, -0.05) is 30.7 Å². The monoisotopic (exact) mass is 396 g/mol. The molecule has 0 saturated carbocycles.